The van der Waals surface area contributed by atoms with Crippen LogP contribution in [0.4, 0.5) is 13.2 Å². The van der Waals surface area contributed by atoms with Crippen LogP contribution in [-0.2, 0) is 17.5 Å². The number of nitrogens with one attached hydrogen (secondary N) is 2. The molecule has 6 heteroatoms. The monoisotopic (exact) mass is 348 g/mol. The third-order valence-corrected chi connectivity index (χ3v) is 4.44. The van der Waals surface area contributed by atoms with Crippen LogP contribution in [0.1, 0.15) is 29.0 Å². The second-order valence-electron chi connectivity index (χ2n) is 6.22. The van der Waals surface area contributed by atoms with E-state index in [1.165, 1.54) is 11.6 Å². The quantitative estimate of drug-likeness (QED) is 0.888. The van der Waals surface area contributed by atoms with Crippen LogP contribution in [0.3, 0.4) is 0 Å². The topological polar surface area (TPSA) is 41.1 Å². The van der Waals surface area contributed by atoms with Crippen LogP contribution in [0, 0.1) is 0 Å². The lowest BCUT2D eigenvalue weighted by atomic mass is 9.96. The first kappa shape index (κ1) is 17.5. The third-order valence-electron chi connectivity index (χ3n) is 4.44. The summed E-state index contributed by atoms with van der Waals surface area (Å²) in [6.07, 6.45) is -3.70. The van der Waals surface area contributed by atoms with Gasteiger partial charge in [-0.25, -0.2) is 0 Å². The van der Waals surface area contributed by atoms with E-state index in [9.17, 15) is 18.0 Å². The van der Waals surface area contributed by atoms with Gasteiger partial charge in [0.2, 0.25) is 5.91 Å². The molecule has 2 aromatic carbocycles. The van der Waals surface area contributed by atoms with Crippen LogP contribution in [0.15, 0.2) is 54.6 Å². The van der Waals surface area contributed by atoms with Crippen molar-refractivity contribution in [2.24, 2.45) is 0 Å². The summed E-state index contributed by atoms with van der Waals surface area (Å²) in [6, 6.07) is 14.6. The van der Waals surface area contributed by atoms with Crippen molar-refractivity contribution in [1.82, 2.24) is 10.6 Å². The number of halogens is 3. The highest BCUT2D eigenvalue weighted by Gasteiger charge is 2.31. The van der Waals surface area contributed by atoms with Gasteiger partial charge in [0.05, 0.1) is 11.6 Å². The van der Waals surface area contributed by atoms with Gasteiger partial charge in [0.1, 0.15) is 0 Å². The summed E-state index contributed by atoms with van der Waals surface area (Å²) in [7, 11) is 0. The minimum Gasteiger partial charge on any atom is -0.351 e. The first-order chi connectivity index (χ1) is 11.9. The summed E-state index contributed by atoms with van der Waals surface area (Å²) in [6.45, 7) is 0.794. The fourth-order valence-electron chi connectivity index (χ4n) is 3.08. The number of rotatable bonds is 4. The first-order valence-electron chi connectivity index (χ1n) is 8.15. The van der Waals surface area contributed by atoms with E-state index in [1.54, 1.807) is 6.07 Å². The van der Waals surface area contributed by atoms with E-state index in [1.807, 2.05) is 30.3 Å². The average molecular weight is 348 g/mol. The summed E-state index contributed by atoms with van der Waals surface area (Å²) < 4.78 is 38.2. The van der Waals surface area contributed by atoms with Crippen LogP contribution < -0.4 is 10.6 Å². The largest absolute Gasteiger partial charge is 0.416 e. The van der Waals surface area contributed by atoms with E-state index in [0.717, 1.165) is 12.1 Å². The summed E-state index contributed by atoms with van der Waals surface area (Å²) in [5.74, 6) is 0.0846. The Balaban J connectivity index is 1.55. The summed E-state index contributed by atoms with van der Waals surface area (Å²) in [4.78, 5) is 12.3. The molecular weight excluding hydrogens is 329 g/mol. The minimum absolute atomic E-state index is 0.0803. The molecule has 0 aromatic heterocycles. The Morgan fingerprint density at radius 2 is 1.88 bits per heavy atom. The standard InChI is InChI=1S/C19H19F3N2O/c20-19(21,22)16-8-4-5-13(9-16)11-24-18(25)17-10-15(12-23-17)14-6-2-1-3-7-14/h1-9,15,17,23H,10-12H2,(H,24,25)/t15-,17-/m0/s1. The van der Waals surface area contributed by atoms with E-state index < -0.39 is 11.7 Å². The molecule has 0 bridgehead atoms. The van der Waals surface area contributed by atoms with Gasteiger partial charge >= 0.3 is 6.18 Å². The Hall–Kier alpha value is -2.34. The molecule has 2 N–H and O–H groups in total. The molecular formula is C19H19F3N2O. The third kappa shape index (κ3) is 4.39. The molecule has 3 rings (SSSR count). The van der Waals surface area contributed by atoms with E-state index in [0.29, 0.717) is 18.5 Å². The van der Waals surface area contributed by atoms with Crippen molar-refractivity contribution in [2.75, 3.05) is 6.54 Å². The maximum atomic E-state index is 12.7. The van der Waals surface area contributed by atoms with Crippen LogP contribution in [0.25, 0.3) is 0 Å². The Kier molecular flexibility index (Phi) is 5.08. The van der Waals surface area contributed by atoms with Gasteiger partial charge in [-0.2, -0.15) is 13.2 Å². The number of alkyl halides is 3. The molecule has 1 saturated heterocycles. The molecule has 2 aromatic rings. The molecule has 0 spiro atoms. The lowest BCUT2D eigenvalue weighted by Crippen LogP contribution is -2.40. The first-order valence-corrected chi connectivity index (χ1v) is 8.15. The summed E-state index contributed by atoms with van der Waals surface area (Å²) in [5, 5.41) is 5.91. The number of carbonyl (C=O) groups excluding carboxylic acids is 1. The maximum Gasteiger partial charge on any atom is 0.416 e. The molecule has 3 nitrogen and oxygen atoms in total. The predicted molar refractivity (Wildman–Crippen MR) is 88.9 cm³/mol. The minimum atomic E-state index is -4.38. The van der Waals surface area contributed by atoms with Gasteiger partial charge < -0.3 is 10.6 Å². The summed E-state index contributed by atoms with van der Waals surface area (Å²) >= 11 is 0. The number of amides is 1. The van der Waals surface area contributed by atoms with Gasteiger partial charge in [-0.1, -0.05) is 42.5 Å². The van der Waals surface area contributed by atoms with Crippen LogP contribution >= 0.6 is 0 Å². The van der Waals surface area contributed by atoms with Crippen LogP contribution in [0.2, 0.25) is 0 Å². The van der Waals surface area contributed by atoms with E-state index >= 15 is 0 Å². The highest BCUT2D eigenvalue weighted by Crippen LogP contribution is 2.29. The number of carbonyl (C=O) groups is 1. The lowest BCUT2D eigenvalue weighted by Gasteiger charge is -2.13. The Bertz CT molecular complexity index is 731. The smallest absolute Gasteiger partial charge is 0.351 e. The van der Waals surface area contributed by atoms with Gasteiger partial charge in [0.25, 0.3) is 0 Å². The molecule has 1 aliphatic heterocycles. The Morgan fingerprint density at radius 3 is 2.60 bits per heavy atom. The average Bonchev–Trinajstić information content (AvgIpc) is 3.10. The zero-order valence-electron chi connectivity index (χ0n) is 13.5. The fraction of sp³-hybridized carbons (Fsp3) is 0.316. The maximum absolute atomic E-state index is 12.7. The van der Waals surface area contributed by atoms with Crippen molar-refractivity contribution >= 4 is 5.91 Å². The molecule has 132 valence electrons. The Morgan fingerprint density at radius 1 is 1.12 bits per heavy atom. The van der Waals surface area contributed by atoms with Crippen molar-refractivity contribution in [3.05, 3.63) is 71.3 Å². The normalized spacial score (nSPS) is 20.4. The molecule has 25 heavy (non-hydrogen) atoms. The van der Waals surface area contributed by atoms with Gasteiger partial charge in [0, 0.05) is 13.1 Å². The highest BCUT2D eigenvalue weighted by atomic mass is 19.4. The predicted octanol–water partition coefficient (Wildman–Crippen LogP) is 3.47. The molecule has 1 heterocycles. The van der Waals surface area contributed by atoms with Gasteiger partial charge in [-0.3, -0.25) is 4.79 Å². The molecule has 1 fully saturated rings. The zero-order valence-corrected chi connectivity index (χ0v) is 13.5. The van der Waals surface area contributed by atoms with Gasteiger partial charge in [-0.15, -0.1) is 0 Å². The zero-order chi connectivity index (χ0) is 17.9. The fourth-order valence-corrected chi connectivity index (χ4v) is 3.08. The van der Waals surface area contributed by atoms with Gasteiger partial charge in [0.15, 0.2) is 0 Å². The lowest BCUT2D eigenvalue weighted by molar-refractivity contribution is -0.137. The van der Waals surface area contributed by atoms with E-state index in [2.05, 4.69) is 10.6 Å². The molecule has 0 radical (unpaired) electrons. The second kappa shape index (κ2) is 7.27. The van der Waals surface area contributed by atoms with Crippen molar-refractivity contribution in [3.8, 4) is 0 Å². The van der Waals surface area contributed by atoms with E-state index in [4.69, 9.17) is 0 Å². The molecule has 1 aliphatic rings. The van der Waals surface area contributed by atoms with Crippen molar-refractivity contribution in [3.63, 3.8) is 0 Å². The van der Waals surface area contributed by atoms with Crippen molar-refractivity contribution in [2.45, 2.75) is 31.1 Å². The SMILES string of the molecule is O=C(NCc1cccc(C(F)(F)F)c1)[C@@H]1C[C@H](c2ccccc2)CN1. The number of hydrogen-bond acceptors (Lipinski definition) is 2. The highest BCUT2D eigenvalue weighted by molar-refractivity contribution is 5.82. The molecule has 0 aliphatic carbocycles. The Labute approximate surface area is 144 Å². The van der Waals surface area contributed by atoms with Crippen LogP contribution in [-0.4, -0.2) is 18.5 Å². The van der Waals surface area contributed by atoms with E-state index in [-0.39, 0.29) is 24.4 Å². The van der Waals surface area contributed by atoms with Gasteiger partial charge in [-0.05, 0) is 35.6 Å². The number of benzene rings is 2. The number of hydrogen-bond donors (Lipinski definition) is 2. The van der Waals surface area contributed by atoms with Crippen molar-refractivity contribution in [1.29, 1.82) is 0 Å². The van der Waals surface area contributed by atoms with Crippen LogP contribution in [0.5, 0.6) is 0 Å². The molecule has 0 saturated carbocycles. The second-order valence-corrected chi connectivity index (χ2v) is 6.22. The molecule has 1 amide bonds. The molecule has 0 unspecified atom stereocenters. The summed E-state index contributed by atoms with van der Waals surface area (Å²) in [5.41, 5.74) is 0.909. The van der Waals surface area contributed by atoms with Crippen molar-refractivity contribution < 1.29 is 18.0 Å². The molecule has 2 atom stereocenters.